The fourth-order valence-electron chi connectivity index (χ4n) is 1.33. The lowest BCUT2D eigenvalue weighted by Gasteiger charge is -2.02. The van der Waals surface area contributed by atoms with E-state index >= 15 is 0 Å². The summed E-state index contributed by atoms with van der Waals surface area (Å²) in [5.41, 5.74) is 2.10. The van der Waals surface area contributed by atoms with Crippen LogP contribution in [0.2, 0.25) is 0 Å². The van der Waals surface area contributed by atoms with Crippen molar-refractivity contribution in [2.24, 2.45) is 0 Å². The van der Waals surface area contributed by atoms with E-state index in [1.165, 1.54) is 0 Å². The molecule has 13 heavy (non-hydrogen) atoms. The zero-order chi connectivity index (χ0) is 9.42. The average molecular weight is 175 g/mol. The van der Waals surface area contributed by atoms with E-state index in [1.807, 2.05) is 29.8 Å². The smallest absolute Gasteiger partial charge is 0.234 e. The van der Waals surface area contributed by atoms with Crippen LogP contribution in [0, 0.1) is 6.92 Å². The molecule has 0 amide bonds. The van der Waals surface area contributed by atoms with Crippen molar-refractivity contribution in [3.05, 3.63) is 29.8 Å². The van der Waals surface area contributed by atoms with Crippen molar-refractivity contribution in [1.82, 2.24) is 14.4 Å². The summed E-state index contributed by atoms with van der Waals surface area (Å²) < 4.78 is 1.95. The molecule has 3 heteroatoms. The van der Waals surface area contributed by atoms with Crippen LogP contribution in [0.4, 0.5) is 0 Å². The Morgan fingerprint density at radius 3 is 2.77 bits per heavy atom. The molecule has 3 nitrogen and oxygen atoms in total. The fourth-order valence-corrected chi connectivity index (χ4v) is 1.33. The highest BCUT2D eigenvalue weighted by Gasteiger charge is 2.03. The summed E-state index contributed by atoms with van der Waals surface area (Å²) in [6, 6.07) is 2.04. The van der Waals surface area contributed by atoms with Crippen molar-refractivity contribution in [3.8, 4) is 0 Å². The molecule has 0 aliphatic rings. The molecule has 2 rings (SSSR count). The molecule has 2 aromatic heterocycles. The maximum absolute atomic E-state index is 4.45. The minimum Gasteiger partial charge on any atom is -0.291 e. The van der Waals surface area contributed by atoms with Gasteiger partial charge in [0.25, 0.3) is 0 Å². The van der Waals surface area contributed by atoms with Crippen LogP contribution in [0.3, 0.4) is 0 Å². The molecule has 2 heterocycles. The van der Waals surface area contributed by atoms with E-state index < -0.39 is 0 Å². The summed E-state index contributed by atoms with van der Waals surface area (Å²) >= 11 is 0. The van der Waals surface area contributed by atoms with Crippen LogP contribution in [-0.2, 0) is 0 Å². The highest BCUT2D eigenvalue weighted by molar-refractivity contribution is 5.32. The third-order valence-electron chi connectivity index (χ3n) is 2.06. The van der Waals surface area contributed by atoms with Gasteiger partial charge in [-0.1, -0.05) is 13.8 Å². The van der Waals surface area contributed by atoms with E-state index in [4.69, 9.17) is 0 Å². The normalized spacial score (nSPS) is 11.4. The van der Waals surface area contributed by atoms with E-state index in [0.717, 1.165) is 17.2 Å². The van der Waals surface area contributed by atoms with Crippen LogP contribution in [0.25, 0.3) is 5.78 Å². The molecule has 0 saturated carbocycles. The predicted octanol–water partition coefficient (Wildman–Crippen LogP) is 2.16. The van der Waals surface area contributed by atoms with Gasteiger partial charge in [0, 0.05) is 18.1 Å². The molecule has 68 valence electrons. The maximum Gasteiger partial charge on any atom is 0.234 e. The summed E-state index contributed by atoms with van der Waals surface area (Å²) in [5.74, 6) is 1.26. The molecule has 0 spiro atoms. The first-order valence-corrected chi connectivity index (χ1v) is 4.49. The Balaban J connectivity index is 2.61. The molecular formula is C10H13N3. The SMILES string of the molecule is Cc1cn2ccc(C(C)C)nc2n1. The first kappa shape index (κ1) is 8.23. The van der Waals surface area contributed by atoms with Gasteiger partial charge in [0.1, 0.15) is 0 Å². The second-order valence-electron chi connectivity index (χ2n) is 3.60. The van der Waals surface area contributed by atoms with Gasteiger partial charge in [0.15, 0.2) is 0 Å². The molecule has 0 saturated heterocycles. The minimum atomic E-state index is 0.460. The molecule has 2 aromatic rings. The largest absolute Gasteiger partial charge is 0.291 e. The van der Waals surface area contributed by atoms with Gasteiger partial charge in [-0.05, 0) is 18.9 Å². The zero-order valence-corrected chi connectivity index (χ0v) is 8.15. The Morgan fingerprint density at radius 1 is 1.31 bits per heavy atom. The Bertz CT molecular complexity index is 429. The quantitative estimate of drug-likeness (QED) is 0.664. The third-order valence-corrected chi connectivity index (χ3v) is 2.06. The van der Waals surface area contributed by atoms with E-state index in [0.29, 0.717) is 5.92 Å². The molecule has 0 aromatic carbocycles. The van der Waals surface area contributed by atoms with Crippen LogP contribution >= 0.6 is 0 Å². The second-order valence-corrected chi connectivity index (χ2v) is 3.60. The number of aromatic nitrogens is 3. The summed E-state index contributed by atoms with van der Waals surface area (Å²) in [5, 5.41) is 0. The molecule has 0 aliphatic carbocycles. The lowest BCUT2D eigenvalue weighted by Crippen LogP contribution is -1.95. The standard InChI is InChI=1S/C10H13N3/c1-7(2)9-4-5-13-6-8(3)11-10(13)12-9/h4-7H,1-3H3. The fraction of sp³-hybridized carbons (Fsp3) is 0.400. The summed E-state index contributed by atoms with van der Waals surface area (Å²) in [6.07, 6.45) is 3.99. The van der Waals surface area contributed by atoms with Crippen molar-refractivity contribution < 1.29 is 0 Å². The predicted molar refractivity (Wildman–Crippen MR) is 51.8 cm³/mol. The Hall–Kier alpha value is -1.38. The van der Waals surface area contributed by atoms with Crippen LogP contribution < -0.4 is 0 Å². The summed E-state index contributed by atoms with van der Waals surface area (Å²) in [7, 11) is 0. The van der Waals surface area contributed by atoms with Crippen LogP contribution in [0.1, 0.15) is 31.2 Å². The van der Waals surface area contributed by atoms with Crippen molar-refractivity contribution >= 4 is 5.78 Å². The second kappa shape index (κ2) is 2.83. The number of nitrogens with zero attached hydrogens (tertiary/aromatic N) is 3. The lowest BCUT2D eigenvalue weighted by atomic mass is 10.1. The molecular weight excluding hydrogens is 162 g/mol. The number of imidazole rings is 1. The van der Waals surface area contributed by atoms with Crippen LogP contribution in [0.15, 0.2) is 18.5 Å². The van der Waals surface area contributed by atoms with Gasteiger partial charge in [-0.15, -0.1) is 0 Å². The van der Waals surface area contributed by atoms with Gasteiger partial charge in [0.05, 0.1) is 5.69 Å². The number of aryl methyl sites for hydroxylation is 1. The van der Waals surface area contributed by atoms with Crippen molar-refractivity contribution in [2.75, 3.05) is 0 Å². The van der Waals surface area contributed by atoms with Gasteiger partial charge < -0.3 is 0 Å². The highest BCUT2D eigenvalue weighted by atomic mass is 15.1. The van der Waals surface area contributed by atoms with E-state index in [2.05, 4.69) is 23.8 Å². The van der Waals surface area contributed by atoms with Gasteiger partial charge in [0.2, 0.25) is 5.78 Å². The molecule has 0 fully saturated rings. The Morgan fingerprint density at radius 2 is 2.08 bits per heavy atom. The van der Waals surface area contributed by atoms with Gasteiger partial charge in [-0.2, -0.15) is 0 Å². The van der Waals surface area contributed by atoms with Crippen molar-refractivity contribution in [1.29, 1.82) is 0 Å². The number of fused-ring (bicyclic) bond motifs is 1. The third kappa shape index (κ3) is 1.41. The maximum atomic E-state index is 4.45. The lowest BCUT2D eigenvalue weighted by molar-refractivity contribution is 0.817. The molecule has 0 bridgehead atoms. The van der Waals surface area contributed by atoms with E-state index in [1.54, 1.807) is 0 Å². The topological polar surface area (TPSA) is 30.2 Å². The van der Waals surface area contributed by atoms with Crippen LogP contribution in [-0.4, -0.2) is 14.4 Å². The van der Waals surface area contributed by atoms with Gasteiger partial charge in [-0.3, -0.25) is 4.40 Å². The summed E-state index contributed by atoms with van der Waals surface area (Å²) in [6.45, 7) is 6.24. The van der Waals surface area contributed by atoms with Crippen molar-refractivity contribution in [3.63, 3.8) is 0 Å². The monoisotopic (exact) mass is 175 g/mol. The minimum absolute atomic E-state index is 0.460. The number of hydrogen-bond acceptors (Lipinski definition) is 2. The number of hydrogen-bond donors (Lipinski definition) is 0. The Kier molecular flexibility index (Phi) is 1.79. The zero-order valence-electron chi connectivity index (χ0n) is 8.15. The molecule has 0 N–H and O–H groups in total. The summed E-state index contributed by atoms with van der Waals surface area (Å²) in [4.78, 5) is 8.76. The first-order chi connectivity index (χ1) is 6.16. The number of rotatable bonds is 1. The van der Waals surface area contributed by atoms with E-state index in [9.17, 15) is 0 Å². The van der Waals surface area contributed by atoms with Crippen molar-refractivity contribution in [2.45, 2.75) is 26.7 Å². The Labute approximate surface area is 77.4 Å². The van der Waals surface area contributed by atoms with Gasteiger partial charge >= 0.3 is 0 Å². The molecule has 0 unspecified atom stereocenters. The molecule has 0 aliphatic heterocycles. The molecule has 0 atom stereocenters. The van der Waals surface area contributed by atoms with E-state index in [-0.39, 0.29) is 0 Å². The average Bonchev–Trinajstić information content (AvgIpc) is 2.42. The first-order valence-electron chi connectivity index (χ1n) is 4.49. The molecule has 0 radical (unpaired) electrons. The van der Waals surface area contributed by atoms with Crippen LogP contribution in [0.5, 0.6) is 0 Å². The highest BCUT2D eigenvalue weighted by Crippen LogP contribution is 2.12. The van der Waals surface area contributed by atoms with Gasteiger partial charge in [-0.25, -0.2) is 9.97 Å².